The molecule has 86 valence electrons. The highest BCUT2D eigenvalue weighted by atomic mass is 32.3. The van der Waals surface area contributed by atoms with E-state index in [0.717, 1.165) is 6.92 Å². The molecule has 0 atom stereocenters. The summed E-state index contributed by atoms with van der Waals surface area (Å²) < 4.78 is 79.2. The number of hydrogen-bond acceptors (Lipinski definition) is 4. The Balaban J connectivity index is 4.70. The molecule has 0 aromatic carbocycles. The van der Waals surface area contributed by atoms with E-state index in [1.54, 1.807) is 0 Å². The van der Waals surface area contributed by atoms with Gasteiger partial charge in [-0.25, -0.2) is 16.8 Å². The minimum absolute atomic E-state index is 0.663. The first-order chi connectivity index (χ1) is 5.97. The lowest BCUT2D eigenvalue weighted by molar-refractivity contribution is -0.106. The van der Waals surface area contributed by atoms with E-state index < -0.39 is 37.7 Å². The smallest absolute Gasteiger partial charge is 0.401 e. The van der Waals surface area contributed by atoms with Gasteiger partial charge in [0.2, 0.25) is 0 Å². The normalized spacial score (nSPS) is 14.3. The summed E-state index contributed by atoms with van der Waals surface area (Å²) >= 11 is 0. The SMILES string of the molecule is CCS(=O)(=O)[N-]S(=O)(=O)CC(F)(F)F. The van der Waals surface area contributed by atoms with Crippen LogP contribution in [0.5, 0.6) is 0 Å². The third-order valence-corrected chi connectivity index (χ3v) is 4.18. The quantitative estimate of drug-likeness (QED) is 0.735. The van der Waals surface area contributed by atoms with Gasteiger partial charge in [0, 0.05) is 5.75 Å². The van der Waals surface area contributed by atoms with Crippen LogP contribution in [-0.4, -0.2) is 34.5 Å². The molecule has 0 heterocycles. The molecule has 0 fully saturated rings. The van der Waals surface area contributed by atoms with Gasteiger partial charge in [0.15, 0.2) is 0 Å². The zero-order chi connectivity index (χ0) is 11.6. The van der Waals surface area contributed by atoms with Crippen molar-refractivity contribution < 1.29 is 30.0 Å². The minimum atomic E-state index is -5.00. The first kappa shape index (κ1) is 13.7. The third kappa shape index (κ3) is 6.16. The summed E-state index contributed by atoms with van der Waals surface area (Å²) in [7, 11) is -9.31. The molecule has 0 aliphatic rings. The summed E-state index contributed by atoms with van der Waals surface area (Å²) in [6, 6.07) is 0. The Bertz CT molecular complexity index is 381. The van der Waals surface area contributed by atoms with E-state index in [2.05, 4.69) is 4.13 Å². The number of sulfonamides is 2. The van der Waals surface area contributed by atoms with Gasteiger partial charge in [-0.3, -0.25) is 0 Å². The van der Waals surface area contributed by atoms with Crippen molar-refractivity contribution in [3.05, 3.63) is 4.13 Å². The Hall–Kier alpha value is -0.350. The lowest BCUT2D eigenvalue weighted by Crippen LogP contribution is -2.23. The largest absolute Gasteiger partial charge is 0.436 e. The number of halogens is 3. The fourth-order valence-electron chi connectivity index (χ4n) is 0.459. The Morgan fingerprint density at radius 3 is 1.79 bits per heavy atom. The molecule has 0 aromatic rings. The monoisotopic (exact) mass is 254 g/mol. The summed E-state index contributed by atoms with van der Waals surface area (Å²) in [5.74, 6) is -2.93. The molecule has 0 N–H and O–H groups in total. The zero-order valence-electron chi connectivity index (χ0n) is 6.94. The highest BCUT2D eigenvalue weighted by Crippen LogP contribution is 2.22. The van der Waals surface area contributed by atoms with Crippen LogP contribution in [0.15, 0.2) is 0 Å². The summed E-state index contributed by atoms with van der Waals surface area (Å²) in [6.07, 6.45) is -4.99. The fraction of sp³-hybridized carbons (Fsp3) is 1.00. The first-order valence-corrected chi connectivity index (χ1v) is 6.46. The Kier molecular flexibility index (Phi) is 3.93. The highest BCUT2D eigenvalue weighted by molar-refractivity contribution is 8.12. The van der Waals surface area contributed by atoms with Gasteiger partial charge >= 0.3 is 6.18 Å². The molecule has 14 heavy (non-hydrogen) atoms. The van der Waals surface area contributed by atoms with Gasteiger partial charge in [0.05, 0.1) is 20.0 Å². The number of nitrogens with zero attached hydrogens (tertiary/aromatic N) is 1. The molecule has 0 spiro atoms. The average molecular weight is 254 g/mol. The summed E-state index contributed by atoms with van der Waals surface area (Å²) in [5.41, 5.74) is 0. The van der Waals surface area contributed by atoms with Crippen LogP contribution in [0.3, 0.4) is 0 Å². The minimum Gasteiger partial charge on any atom is -0.436 e. The predicted molar refractivity (Wildman–Crippen MR) is 42.7 cm³/mol. The molecule has 0 aliphatic carbocycles. The second-order valence-electron chi connectivity index (χ2n) is 2.29. The van der Waals surface area contributed by atoms with E-state index in [4.69, 9.17) is 0 Å². The maximum Gasteiger partial charge on any atom is 0.401 e. The maximum absolute atomic E-state index is 11.6. The van der Waals surface area contributed by atoms with Gasteiger partial charge < -0.3 is 4.13 Å². The van der Waals surface area contributed by atoms with Crippen molar-refractivity contribution in [2.75, 3.05) is 11.5 Å². The van der Waals surface area contributed by atoms with Crippen molar-refractivity contribution in [3.63, 3.8) is 0 Å². The third-order valence-electron chi connectivity index (χ3n) is 0.938. The van der Waals surface area contributed by atoms with Crippen LogP contribution >= 0.6 is 0 Å². The molecule has 0 aliphatic heterocycles. The van der Waals surface area contributed by atoms with E-state index in [-0.39, 0.29) is 0 Å². The fourth-order valence-corrected chi connectivity index (χ4v) is 2.89. The number of rotatable bonds is 4. The molecular formula is C4H7F3NO4S2-. The van der Waals surface area contributed by atoms with Crippen LogP contribution < -0.4 is 0 Å². The molecule has 0 rings (SSSR count). The van der Waals surface area contributed by atoms with Crippen molar-refractivity contribution in [2.24, 2.45) is 0 Å². The second-order valence-corrected chi connectivity index (χ2v) is 6.08. The lowest BCUT2D eigenvalue weighted by Gasteiger charge is -2.20. The maximum atomic E-state index is 11.6. The lowest BCUT2D eigenvalue weighted by atomic mass is 10.8. The zero-order valence-corrected chi connectivity index (χ0v) is 8.58. The molecule has 10 heteroatoms. The van der Waals surface area contributed by atoms with Crippen molar-refractivity contribution in [1.29, 1.82) is 0 Å². The topological polar surface area (TPSA) is 82.4 Å². The van der Waals surface area contributed by atoms with Crippen LogP contribution in [0.4, 0.5) is 13.2 Å². The predicted octanol–water partition coefficient (Wildman–Crippen LogP) is 0.602. The molecule has 0 amide bonds. The van der Waals surface area contributed by atoms with E-state index in [1.165, 1.54) is 0 Å². The van der Waals surface area contributed by atoms with Gasteiger partial charge in [-0.2, -0.15) is 13.2 Å². The Morgan fingerprint density at radius 1 is 1.07 bits per heavy atom. The molecule has 0 saturated heterocycles. The van der Waals surface area contributed by atoms with Crippen molar-refractivity contribution in [3.8, 4) is 0 Å². The van der Waals surface area contributed by atoms with Gasteiger partial charge in [0.1, 0.15) is 5.75 Å². The standard InChI is InChI=1S/C4H7F3NO4S2/c1-2-13(9,10)8-14(11,12)3-4(5,6)7/h2-3H2,1H3/q-1. The van der Waals surface area contributed by atoms with Crippen molar-refractivity contribution in [1.82, 2.24) is 0 Å². The number of hydrogen-bond donors (Lipinski definition) is 0. The van der Waals surface area contributed by atoms with Gasteiger partial charge in [-0.15, -0.1) is 0 Å². The van der Waals surface area contributed by atoms with Crippen LogP contribution in [0.1, 0.15) is 6.92 Å². The molecule has 0 unspecified atom stereocenters. The van der Waals surface area contributed by atoms with Crippen LogP contribution in [0, 0.1) is 0 Å². The second kappa shape index (κ2) is 4.03. The molecule has 0 saturated carbocycles. The van der Waals surface area contributed by atoms with E-state index >= 15 is 0 Å². The van der Waals surface area contributed by atoms with E-state index in [0.29, 0.717) is 0 Å². The molecule has 0 radical (unpaired) electrons. The van der Waals surface area contributed by atoms with Crippen LogP contribution in [-0.2, 0) is 20.0 Å². The Labute approximate surface area is 79.4 Å². The number of alkyl halides is 3. The summed E-state index contributed by atoms with van der Waals surface area (Å²) in [5, 5.41) is 0. The average Bonchev–Trinajstić information content (AvgIpc) is 1.78. The molecule has 0 bridgehead atoms. The van der Waals surface area contributed by atoms with Crippen molar-refractivity contribution in [2.45, 2.75) is 13.1 Å². The summed E-state index contributed by atoms with van der Waals surface area (Å²) in [4.78, 5) is 0. The van der Waals surface area contributed by atoms with Gasteiger partial charge in [-0.05, 0) is 0 Å². The first-order valence-electron chi connectivity index (χ1n) is 3.24. The highest BCUT2D eigenvalue weighted by Gasteiger charge is 2.32. The van der Waals surface area contributed by atoms with Gasteiger partial charge in [-0.1, -0.05) is 6.92 Å². The Morgan fingerprint density at radius 2 is 1.50 bits per heavy atom. The van der Waals surface area contributed by atoms with E-state index in [9.17, 15) is 30.0 Å². The van der Waals surface area contributed by atoms with E-state index in [1.807, 2.05) is 0 Å². The van der Waals surface area contributed by atoms with Crippen LogP contribution in [0.2, 0.25) is 0 Å². The molecule has 5 nitrogen and oxygen atoms in total. The molecular weight excluding hydrogens is 247 g/mol. The van der Waals surface area contributed by atoms with Crippen molar-refractivity contribution >= 4 is 20.0 Å². The van der Waals surface area contributed by atoms with Crippen LogP contribution in [0.25, 0.3) is 4.13 Å². The summed E-state index contributed by atoms with van der Waals surface area (Å²) in [6.45, 7) is 1.07. The molecule has 0 aromatic heterocycles. The van der Waals surface area contributed by atoms with Gasteiger partial charge in [0.25, 0.3) is 0 Å².